The molecule has 0 saturated carbocycles. The number of amides is 1. The molecule has 3 N–H and O–H groups in total. The van der Waals surface area contributed by atoms with E-state index in [-0.39, 0.29) is 42.3 Å². The van der Waals surface area contributed by atoms with Crippen molar-refractivity contribution >= 4 is 47.0 Å². The van der Waals surface area contributed by atoms with Gasteiger partial charge in [-0.2, -0.15) is 0 Å². The van der Waals surface area contributed by atoms with Gasteiger partial charge >= 0.3 is 11.9 Å². The SMILES string of the molecule is COc1ccc(NC(=O)[C@](C(=O)S)(C(=O)OCc2ccc([N+](=O)[O-])cc2)[C@@H]2CCNC2)c(C(=O)O)c1. The maximum Gasteiger partial charge on any atom is 0.337 e. The number of carboxylic acids is 1. The van der Waals surface area contributed by atoms with Crippen molar-refractivity contribution in [2.45, 2.75) is 13.0 Å². The second-order valence-electron chi connectivity index (χ2n) is 7.97. The quantitative estimate of drug-likeness (QED) is 0.120. The van der Waals surface area contributed by atoms with Gasteiger partial charge in [-0.1, -0.05) is 0 Å². The highest BCUT2D eigenvalue weighted by molar-refractivity contribution is 7.97. The molecule has 1 fully saturated rings. The third-order valence-electron chi connectivity index (χ3n) is 5.91. The molecule has 2 aromatic rings. The normalized spacial score (nSPS) is 16.4. The molecule has 3 rings (SSSR count). The molecule has 0 unspecified atom stereocenters. The summed E-state index contributed by atoms with van der Waals surface area (Å²) < 4.78 is 10.4. The molecule has 2 aromatic carbocycles. The summed E-state index contributed by atoms with van der Waals surface area (Å²) in [6, 6.07) is 9.09. The number of methoxy groups -OCH3 is 1. The summed E-state index contributed by atoms with van der Waals surface area (Å²) in [6.45, 7) is 0.204. The third kappa shape index (κ3) is 5.31. The van der Waals surface area contributed by atoms with Crippen LogP contribution in [0.25, 0.3) is 0 Å². The van der Waals surface area contributed by atoms with E-state index >= 15 is 0 Å². The molecule has 1 aliphatic heterocycles. The van der Waals surface area contributed by atoms with Crippen LogP contribution >= 0.6 is 12.6 Å². The van der Waals surface area contributed by atoms with Crippen molar-refractivity contribution in [2.24, 2.45) is 11.3 Å². The van der Waals surface area contributed by atoms with Gasteiger partial charge in [-0.15, -0.1) is 12.6 Å². The van der Waals surface area contributed by atoms with Gasteiger partial charge in [-0.25, -0.2) is 4.79 Å². The zero-order valence-electron chi connectivity index (χ0n) is 19.1. The minimum absolute atomic E-state index is 0.140. The Labute approximate surface area is 210 Å². The molecular weight excluding hydrogens is 494 g/mol. The van der Waals surface area contributed by atoms with Gasteiger partial charge in [0.25, 0.3) is 11.6 Å². The molecule has 1 aliphatic rings. The van der Waals surface area contributed by atoms with Crippen molar-refractivity contribution in [3.05, 3.63) is 63.7 Å². The Morgan fingerprint density at radius 3 is 2.44 bits per heavy atom. The van der Waals surface area contributed by atoms with Crippen LogP contribution in [0.5, 0.6) is 5.75 Å². The molecule has 36 heavy (non-hydrogen) atoms. The van der Waals surface area contributed by atoms with Gasteiger partial charge in [-0.3, -0.25) is 24.5 Å². The molecule has 0 radical (unpaired) electrons. The van der Waals surface area contributed by atoms with Gasteiger partial charge in [-0.05, 0) is 48.9 Å². The fourth-order valence-electron chi connectivity index (χ4n) is 3.96. The fraction of sp³-hybridized carbons (Fsp3) is 0.304. The highest BCUT2D eigenvalue weighted by atomic mass is 32.1. The van der Waals surface area contributed by atoms with Crippen LogP contribution in [0.1, 0.15) is 22.3 Å². The number of nitro benzene ring substituents is 1. The van der Waals surface area contributed by atoms with Crippen molar-refractivity contribution in [1.82, 2.24) is 5.32 Å². The van der Waals surface area contributed by atoms with Crippen LogP contribution in [-0.2, 0) is 25.7 Å². The summed E-state index contributed by atoms with van der Waals surface area (Å²) in [5.41, 5.74) is -2.62. The summed E-state index contributed by atoms with van der Waals surface area (Å²) >= 11 is 3.87. The number of benzene rings is 2. The predicted octanol–water partition coefficient (Wildman–Crippen LogP) is 2.04. The molecule has 0 aromatic heterocycles. The first kappa shape index (κ1) is 26.6. The summed E-state index contributed by atoms with van der Waals surface area (Å²) in [7, 11) is 1.35. The maximum absolute atomic E-state index is 13.6. The molecule has 0 bridgehead atoms. The molecule has 12 nitrogen and oxygen atoms in total. The number of carbonyl (C=O) groups excluding carboxylic acids is 3. The second-order valence-corrected chi connectivity index (χ2v) is 8.38. The summed E-state index contributed by atoms with van der Waals surface area (Å²) in [5.74, 6) is -4.21. The number of nitrogens with zero attached hydrogens (tertiary/aromatic N) is 1. The van der Waals surface area contributed by atoms with Crippen LogP contribution in [-0.4, -0.2) is 53.2 Å². The summed E-state index contributed by atoms with van der Waals surface area (Å²) in [4.78, 5) is 61.8. The number of nitro groups is 1. The van der Waals surface area contributed by atoms with E-state index in [4.69, 9.17) is 9.47 Å². The topological polar surface area (TPSA) is 174 Å². The van der Waals surface area contributed by atoms with Gasteiger partial charge < -0.3 is 25.2 Å². The van der Waals surface area contributed by atoms with E-state index in [0.29, 0.717) is 12.1 Å². The minimum Gasteiger partial charge on any atom is -0.497 e. The summed E-state index contributed by atoms with van der Waals surface area (Å²) in [6.07, 6.45) is 0.279. The van der Waals surface area contributed by atoms with Gasteiger partial charge in [0.05, 0.1) is 23.3 Å². The van der Waals surface area contributed by atoms with E-state index < -0.39 is 39.2 Å². The molecule has 1 amide bonds. The lowest BCUT2D eigenvalue weighted by atomic mass is 9.74. The number of non-ortho nitro benzene ring substituents is 1. The van der Waals surface area contributed by atoms with E-state index in [1.165, 1.54) is 49.6 Å². The number of hydrogen-bond donors (Lipinski definition) is 4. The molecule has 1 saturated heterocycles. The average molecular weight is 518 g/mol. The number of rotatable bonds is 10. The number of esters is 1. The van der Waals surface area contributed by atoms with Crippen LogP contribution in [0.4, 0.5) is 11.4 Å². The van der Waals surface area contributed by atoms with Crippen LogP contribution in [0.3, 0.4) is 0 Å². The Morgan fingerprint density at radius 1 is 1.22 bits per heavy atom. The van der Waals surface area contributed by atoms with E-state index in [9.17, 15) is 34.4 Å². The number of aromatic carboxylic acids is 1. The Balaban J connectivity index is 1.93. The van der Waals surface area contributed by atoms with E-state index in [0.717, 1.165) is 0 Å². The highest BCUT2D eigenvalue weighted by Gasteiger charge is 2.59. The lowest BCUT2D eigenvalue weighted by Gasteiger charge is -2.32. The van der Waals surface area contributed by atoms with E-state index in [1.54, 1.807) is 0 Å². The standard InChI is InChI=1S/C23H23N3O9S/c1-34-16-6-7-18(17(10-16)19(27)28)25-20(29)23(22(31)36,14-8-9-24-11-14)21(30)35-12-13-2-4-15(5-3-13)26(32)33/h2-7,10,14,24H,8-9,11-12H2,1H3,(H,25,29)(H,27,28)(H,31,36)/t14-,23+/m1/s1. The van der Waals surface area contributed by atoms with E-state index in [1.807, 2.05) is 0 Å². The van der Waals surface area contributed by atoms with Gasteiger partial charge in [0, 0.05) is 24.6 Å². The van der Waals surface area contributed by atoms with Gasteiger partial charge in [0.2, 0.25) is 10.5 Å². The lowest BCUT2D eigenvalue weighted by Crippen LogP contribution is -2.54. The third-order valence-corrected chi connectivity index (χ3v) is 6.27. The average Bonchev–Trinajstić information content (AvgIpc) is 3.38. The lowest BCUT2D eigenvalue weighted by molar-refractivity contribution is -0.384. The number of thiol groups is 1. The molecule has 2 atom stereocenters. The Morgan fingerprint density at radius 2 is 1.92 bits per heavy atom. The first-order chi connectivity index (χ1) is 17.1. The molecule has 0 aliphatic carbocycles. The number of anilines is 1. The number of hydrogen-bond acceptors (Lipinski definition) is 9. The van der Waals surface area contributed by atoms with Gasteiger partial charge in [0.1, 0.15) is 12.4 Å². The van der Waals surface area contributed by atoms with Crippen molar-refractivity contribution in [3.8, 4) is 5.75 Å². The number of carbonyl (C=O) groups is 4. The first-order valence-corrected chi connectivity index (χ1v) is 11.1. The van der Waals surface area contributed by atoms with Crippen LogP contribution in [0.2, 0.25) is 0 Å². The number of ether oxygens (including phenoxy) is 2. The van der Waals surface area contributed by atoms with E-state index in [2.05, 4.69) is 23.3 Å². The minimum atomic E-state index is -2.39. The van der Waals surface area contributed by atoms with Crippen molar-refractivity contribution < 1.29 is 38.7 Å². The highest BCUT2D eigenvalue weighted by Crippen LogP contribution is 2.38. The second kappa shape index (κ2) is 11.2. The predicted molar refractivity (Wildman–Crippen MR) is 129 cm³/mol. The number of carboxylic acid groups (broad SMARTS) is 1. The van der Waals surface area contributed by atoms with Crippen molar-refractivity contribution in [3.63, 3.8) is 0 Å². The smallest absolute Gasteiger partial charge is 0.337 e. The number of nitrogens with one attached hydrogen (secondary N) is 2. The largest absolute Gasteiger partial charge is 0.497 e. The van der Waals surface area contributed by atoms with Crippen molar-refractivity contribution in [1.29, 1.82) is 0 Å². The van der Waals surface area contributed by atoms with Gasteiger partial charge in [0.15, 0.2) is 0 Å². The zero-order chi connectivity index (χ0) is 26.5. The molecule has 13 heteroatoms. The maximum atomic E-state index is 13.6. The molecule has 190 valence electrons. The molecule has 0 spiro atoms. The Hall–Kier alpha value is -3.97. The molecular formula is C23H23N3O9S. The Bertz CT molecular complexity index is 1200. The first-order valence-electron chi connectivity index (χ1n) is 10.7. The molecule has 1 heterocycles. The zero-order valence-corrected chi connectivity index (χ0v) is 19.9. The fourth-order valence-corrected chi connectivity index (χ4v) is 4.34. The van der Waals surface area contributed by atoms with Crippen molar-refractivity contribution in [2.75, 3.05) is 25.5 Å². The Kier molecular flexibility index (Phi) is 8.27. The van der Waals surface area contributed by atoms with Crippen LogP contribution in [0.15, 0.2) is 42.5 Å². The summed E-state index contributed by atoms with van der Waals surface area (Å²) in [5, 5.41) is 24.7. The monoisotopic (exact) mass is 517 g/mol. The van der Waals surface area contributed by atoms with Crippen LogP contribution in [0, 0.1) is 21.4 Å². The van der Waals surface area contributed by atoms with Crippen LogP contribution < -0.4 is 15.4 Å².